The maximum Gasteiger partial charge on any atom is 0.0547 e. The highest BCUT2D eigenvalue weighted by Crippen LogP contribution is 2.45. The average Bonchev–Trinajstić information content (AvgIpc) is 4.39. The number of hydrogen-bond acceptors (Lipinski definition) is 1. The summed E-state index contributed by atoms with van der Waals surface area (Å²) >= 11 is 1.86. The van der Waals surface area contributed by atoms with Gasteiger partial charge in [0.25, 0.3) is 0 Å². The van der Waals surface area contributed by atoms with Crippen LogP contribution in [-0.2, 0) is 0 Å². The van der Waals surface area contributed by atoms with Gasteiger partial charge in [-0.15, -0.1) is 11.3 Å². The Morgan fingerprint density at radius 1 is 0.198 bits per heavy atom. The van der Waals surface area contributed by atoms with Gasteiger partial charge in [0.15, 0.2) is 0 Å². The number of aromatic nitrogens is 2. The quantitative estimate of drug-likeness (QED) is 0.136. The SMILES string of the molecule is c1ccc(-c2cccc(-c3cccc(-c4cc(-n5c6ccccc6c6ccccc65)cc(-n5c6ccc(-c7ccc8sc9ccccc9c8c7)cc6c6c(-c7cccc(-c8cccc(-c9ccccc9)c8)c7)cccc65)c4)c3)c2)cc1. The minimum absolute atomic E-state index is 1.09. The normalized spacial score (nSPS) is 11.7. The molecule has 0 bridgehead atoms. The summed E-state index contributed by atoms with van der Waals surface area (Å²) in [5, 5.41) is 7.49. The highest BCUT2D eigenvalue weighted by atomic mass is 32.1. The molecule has 2 nitrogen and oxygen atoms in total. The van der Waals surface area contributed by atoms with E-state index in [0.29, 0.717) is 0 Å². The average molecular weight is 1050 g/mol. The van der Waals surface area contributed by atoms with Gasteiger partial charge in [-0.25, -0.2) is 0 Å². The van der Waals surface area contributed by atoms with Crippen molar-refractivity contribution in [3.63, 3.8) is 0 Å². The molecule has 3 aromatic heterocycles. The first-order valence-electron chi connectivity index (χ1n) is 27.8. The van der Waals surface area contributed by atoms with Crippen LogP contribution in [0, 0.1) is 0 Å². The van der Waals surface area contributed by atoms with Crippen molar-refractivity contribution in [2.75, 3.05) is 0 Å². The van der Waals surface area contributed by atoms with E-state index in [-0.39, 0.29) is 0 Å². The van der Waals surface area contributed by atoms with E-state index in [2.05, 4.69) is 312 Å². The van der Waals surface area contributed by atoms with E-state index < -0.39 is 0 Å². The topological polar surface area (TPSA) is 9.86 Å². The summed E-state index contributed by atoms with van der Waals surface area (Å²) in [6.07, 6.45) is 0. The van der Waals surface area contributed by atoms with Crippen LogP contribution in [0.1, 0.15) is 0 Å². The lowest BCUT2D eigenvalue weighted by Gasteiger charge is -2.17. The maximum absolute atomic E-state index is 2.52. The van der Waals surface area contributed by atoms with Crippen LogP contribution in [0.5, 0.6) is 0 Å². The molecule has 0 saturated carbocycles. The highest BCUT2D eigenvalue weighted by Gasteiger charge is 2.21. The summed E-state index contributed by atoms with van der Waals surface area (Å²) < 4.78 is 7.60. The van der Waals surface area contributed by atoms with Gasteiger partial charge in [0.1, 0.15) is 0 Å². The molecule has 0 fully saturated rings. The van der Waals surface area contributed by atoms with Gasteiger partial charge < -0.3 is 9.13 Å². The number of para-hydroxylation sites is 2. The van der Waals surface area contributed by atoms with Crippen molar-refractivity contribution in [2.24, 2.45) is 0 Å². The van der Waals surface area contributed by atoms with Gasteiger partial charge in [0.2, 0.25) is 0 Å². The Morgan fingerprint density at radius 3 is 1.17 bits per heavy atom. The first-order valence-corrected chi connectivity index (χ1v) is 28.6. The fourth-order valence-corrected chi connectivity index (χ4v) is 13.7. The van der Waals surface area contributed by atoms with Crippen molar-refractivity contribution in [3.8, 4) is 89.3 Å². The minimum Gasteiger partial charge on any atom is -0.309 e. The third-order valence-corrected chi connectivity index (χ3v) is 17.6. The summed E-state index contributed by atoms with van der Waals surface area (Å²) in [5.74, 6) is 0. The van der Waals surface area contributed by atoms with Gasteiger partial charge in [0.05, 0.1) is 22.1 Å². The Bertz CT molecular complexity index is 5060. The van der Waals surface area contributed by atoms with E-state index in [9.17, 15) is 0 Å². The van der Waals surface area contributed by atoms with Gasteiger partial charge in [-0.1, -0.05) is 212 Å². The Balaban J connectivity index is 0.935. The van der Waals surface area contributed by atoms with Gasteiger partial charge >= 0.3 is 0 Å². The fourth-order valence-electron chi connectivity index (χ4n) is 12.7. The van der Waals surface area contributed by atoms with Crippen LogP contribution in [0.2, 0.25) is 0 Å². The number of rotatable bonds is 9. The second-order valence-electron chi connectivity index (χ2n) is 21.2. The molecule has 0 aliphatic heterocycles. The van der Waals surface area contributed by atoms with E-state index in [1.165, 1.54) is 120 Å². The van der Waals surface area contributed by atoms with Crippen LogP contribution in [0.4, 0.5) is 0 Å². The molecular formula is C78H50N2S. The molecule has 0 radical (unpaired) electrons. The maximum atomic E-state index is 2.52. The lowest BCUT2D eigenvalue weighted by atomic mass is 9.94. The van der Waals surface area contributed by atoms with E-state index in [1.807, 2.05) is 11.3 Å². The summed E-state index contributed by atoms with van der Waals surface area (Å²) in [5.41, 5.74) is 23.4. The smallest absolute Gasteiger partial charge is 0.0547 e. The van der Waals surface area contributed by atoms with Crippen molar-refractivity contribution < 1.29 is 0 Å². The molecule has 0 saturated heterocycles. The van der Waals surface area contributed by atoms with E-state index in [1.54, 1.807) is 0 Å². The van der Waals surface area contributed by atoms with Gasteiger partial charge in [-0.3, -0.25) is 0 Å². The highest BCUT2D eigenvalue weighted by molar-refractivity contribution is 7.25. The zero-order valence-electron chi connectivity index (χ0n) is 44.2. The van der Waals surface area contributed by atoms with Crippen molar-refractivity contribution >= 4 is 75.1 Å². The zero-order chi connectivity index (χ0) is 53.4. The first kappa shape index (κ1) is 46.7. The molecule has 0 aliphatic rings. The van der Waals surface area contributed by atoms with Crippen LogP contribution >= 0.6 is 11.3 Å². The molecule has 0 aliphatic carbocycles. The number of benzene rings is 13. The Labute approximate surface area is 474 Å². The molecule has 0 spiro atoms. The first-order chi connectivity index (χ1) is 40.1. The molecular weight excluding hydrogens is 997 g/mol. The summed E-state index contributed by atoms with van der Waals surface area (Å²) in [4.78, 5) is 0. The molecule has 3 heteroatoms. The van der Waals surface area contributed by atoms with Crippen LogP contribution < -0.4 is 0 Å². The van der Waals surface area contributed by atoms with Gasteiger partial charge in [-0.05, 0) is 169 Å². The number of thiophene rings is 1. The molecule has 16 rings (SSSR count). The van der Waals surface area contributed by atoms with Crippen LogP contribution in [-0.4, -0.2) is 9.13 Å². The second-order valence-corrected chi connectivity index (χ2v) is 22.3. The van der Waals surface area contributed by atoms with Crippen LogP contribution in [0.15, 0.2) is 303 Å². The van der Waals surface area contributed by atoms with E-state index in [0.717, 1.165) is 33.5 Å². The summed E-state index contributed by atoms with van der Waals surface area (Å²) in [6, 6.07) is 112. The lowest BCUT2D eigenvalue weighted by Crippen LogP contribution is -2.00. The third kappa shape index (κ3) is 8.09. The van der Waals surface area contributed by atoms with Crippen molar-refractivity contribution in [3.05, 3.63) is 303 Å². The number of hydrogen-bond donors (Lipinski definition) is 0. The molecule has 378 valence electrons. The molecule has 81 heavy (non-hydrogen) atoms. The van der Waals surface area contributed by atoms with Crippen molar-refractivity contribution in [1.29, 1.82) is 0 Å². The third-order valence-electron chi connectivity index (χ3n) is 16.5. The van der Waals surface area contributed by atoms with E-state index in [4.69, 9.17) is 0 Å². The lowest BCUT2D eigenvalue weighted by molar-refractivity contribution is 1.13. The predicted molar refractivity (Wildman–Crippen MR) is 346 cm³/mol. The summed E-state index contributed by atoms with van der Waals surface area (Å²) in [7, 11) is 0. The fraction of sp³-hybridized carbons (Fsp3) is 0. The Kier molecular flexibility index (Phi) is 11.1. The molecule has 0 amide bonds. The van der Waals surface area contributed by atoms with Crippen LogP contribution in [0.3, 0.4) is 0 Å². The number of fused-ring (bicyclic) bond motifs is 9. The molecule has 0 atom stereocenters. The van der Waals surface area contributed by atoms with E-state index >= 15 is 0 Å². The number of nitrogens with zero attached hydrogens (tertiary/aromatic N) is 2. The van der Waals surface area contributed by atoms with Crippen LogP contribution in [0.25, 0.3) is 153 Å². The molecule has 3 heterocycles. The Hall–Kier alpha value is -10.3. The monoisotopic (exact) mass is 1050 g/mol. The van der Waals surface area contributed by atoms with Gasteiger partial charge in [-0.2, -0.15) is 0 Å². The predicted octanol–water partition coefficient (Wildman–Crippen LogP) is 21.9. The molecule has 0 unspecified atom stereocenters. The van der Waals surface area contributed by atoms with Gasteiger partial charge in [0, 0.05) is 53.1 Å². The summed E-state index contributed by atoms with van der Waals surface area (Å²) in [6.45, 7) is 0. The molecule has 13 aromatic carbocycles. The minimum atomic E-state index is 1.09. The van der Waals surface area contributed by atoms with Crippen molar-refractivity contribution in [1.82, 2.24) is 9.13 Å². The molecule has 16 aromatic rings. The second kappa shape index (κ2) is 19.2. The molecule has 0 N–H and O–H groups in total. The standard InChI is InChI=1S/C78H50N2S/c1-3-18-51(19-4-1)53-22-13-24-55(42-53)57-26-15-28-59(44-57)63-46-64(79-72-34-10-7-30-67(72)68-31-8-11-35-73(68)79)50-65(47-63)80-74-40-38-60(61-39-41-77-70(48-61)69-32-9-12-37-76(69)81-77)49-71(74)78-66(33-17-36-75(78)80)62-29-16-27-58(45-62)56-25-14-23-54(43-56)52-20-5-2-6-21-52/h1-50H. The largest absolute Gasteiger partial charge is 0.309 e. The zero-order valence-corrected chi connectivity index (χ0v) is 45.0. The van der Waals surface area contributed by atoms with Crippen molar-refractivity contribution in [2.45, 2.75) is 0 Å². The Morgan fingerprint density at radius 2 is 0.580 bits per heavy atom.